The van der Waals surface area contributed by atoms with Crippen molar-refractivity contribution in [3.05, 3.63) is 40.5 Å². The summed E-state index contributed by atoms with van der Waals surface area (Å²) in [6.07, 6.45) is 0. The van der Waals surface area contributed by atoms with Gasteiger partial charge in [-0.3, -0.25) is 15.1 Å². The molecule has 3 rings (SSSR count). The molecule has 0 bridgehead atoms. The van der Waals surface area contributed by atoms with Crippen molar-refractivity contribution in [2.45, 2.75) is 19.9 Å². The van der Waals surface area contributed by atoms with E-state index in [2.05, 4.69) is 20.8 Å². The summed E-state index contributed by atoms with van der Waals surface area (Å²) < 4.78 is 9.85. The zero-order valence-electron chi connectivity index (χ0n) is 12.0. The SMILES string of the molecule is Cc1cc(NC(=O)C(C)Nc2ccc3oc(=O)[nH]c3c2)on1. The highest BCUT2D eigenvalue weighted by atomic mass is 16.5. The smallest absolute Gasteiger partial charge is 0.408 e. The topological polar surface area (TPSA) is 113 Å². The van der Waals surface area contributed by atoms with E-state index in [1.807, 2.05) is 0 Å². The van der Waals surface area contributed by atoms with Gasteiger partial charge in [0.1, 0.15) is 6.04 Å². The Morgan fingerprint density at radius 1 is 1.36 bits per heavy atom. The Balaban J connectivity index is 1.70. The third-order valence-electron chi connectivity index (χ3n) is 3.07. The fraction of sp³-hybridized carbons (Fsp3) is 0.214. The van der Waals surface area contributed by atoms with Gasteiger partial charge in [0.05, 0.1) is 11.2 Å². The summed E-state index contributed by atoms with van der Waals surface area (Å²) in [4.78, 5) is 25.7. The van der Waals surface area contributed by atoms with Crippen LogP contribution in [0.5, 0.6) is 0 Å². The van der Waals surface area contributed by atoms with Crippen molar-refractivity contribution < 1.29 is 13.7 Å². The predicted molar refractivity (Wildman–Crippen MR) is 79.8 cm³/mol. The first-order valence-electron chi connectivity index (χ1n) is 6.65. The number of benzene rings is 1. The van der Waals surface area contributed by atoms with Crippen LogP contribution >= 0.6 is 0 Å². The molecule has 1 amide bonds. The molecule has 8 nitrogen and oxygen atoms in total. The molecule has 1 aromatic carbocycles. The van der Waals surface area contributed by atoms with Crippen LogP contribution in [0.2, 0.25) is 0 Å². The normalized spacial score (nSPS) is 12.3. The molecular formula is C14H14N4O4. The summed E-state index contributed by atoms with van der Waals surface area (Å²) in [5, 5.41) is 9.34. The van der Waals surface area contributed by atoms with E-state index in [1.54, 1.807) is 38.1 Å². The van der Waals surface area contributed by atoms with Crippen molar-refractivity contribution in [3.63, 3.8) is 0 Å². The molecule has 1 atom stereocenters. The molecule has 0 saturated carbocycles. The molecule has 0 aliphatic carbocycles. The van der Waals surface area contributed by atoms with Gasteiger partial charge in [-0.2, -0.15) is 0 Å². The largest absolute Gasteiger partial charge is 0.417 e. The van der Waals surface area contributed by atoms with Crippen LogP contribution in [0.4, 0.5) is 11.6 Å². The van der Waals surface area contributed by atoms with Crippen LogP contribution in [0.15, 0.2) is 38.0 Å². The summed E-state index contributed by atoms with van der Waals surface area (Å²) in [6.45, 7) is 3.47. The number of nitrogens with zero attached hydrogens (tertiary/aromatic N) is 1. The number of aromatic amines is 1. The molecule has 3 N–H and O–H groups in total. The second kappa shape index (κ2) is 5.40. The Kier molecular flexibility index (Phi) is 3.42. The van der Waals surface area contributed by atoms with Gasteiger partial charge < -0.3 is 14.3 Å². The van der Waals surface area contributed by atoms with Crippen LogP contribution in [-0.2, 0) is 4.79 Å². The number of hydrogen-bond acceptors (Lipinski definition) is 6. The molecule has 0 saturated heterocycles. The molecule has 0 aliphatic heterocycles. The maximum absolute atomic E-state index is 12.1. The molecule has 3 aromatic rings. The number of rotatable bonds is 4. The van der Waals surface area contributed by atoms with Crippen molar-refractivity contribution in [2.24, 2.45) is 0 Å². The molecule has 0 radical (unpaired) electrons. The minimum absolute atomic E-state index is 0.267. The van der Waals surface area contributed by atoms with Gasteiger partial charge in [0.25, 0.3) is 0 Å². The van der Waals surface area contributed by atoms with Crippen LogP contribution in [0.1, 0.15) is 12.6 Å². The number of H-pyrrole nitrogens is 1. The number of carbonyl (C=O) groups is 1. The van der Waals surface area contributed by atoms with Gasteiger partial charge in [-0.15, -0.1) is 0 Å². The summed E-state index contributed by atoms with van der Waals surface area (Å²) in [5.41, 5.74) is 2.39. The van der Waals surface area contributed by atoms with E-state index in [-0.39, 0.29) is 5.91 Å². The first-order valence-corrected chi connectivity index (χ1v) is 6.65. The first kappa shape index (κ1) is 13.9. The zero-order chi connectivity index (χ0) is 15.7. The molecule has 1 unspecified atom stereocenters. The molecule has 22 heavy (non-hydrogen) atoms. The van der Waals surface area contributed by atoms with Crippen molar-refractivity contribution in [1.82, 2.24) is 10.1 Å². The molecule has 0 spiro atoms. The lowest BCUT2D eigenvalue weighted by Gasteiger charge is -2.13. The van der Waals surface area contributed by atoms with Gasteiger partial charge in [0.2, 0.25) is 11.8 Å². The van der Waals surface area contributed by atoms with Gasteiger partial charge in [0, 0.05) is 11.8 Å². The highest BCUT2D eigenvalue weighted by Crippen LogP contribution is 2.17. The van der Waals surface area contributed by atoms with Gasteiger partial charge in [-0.1, -0.05) is 5.16 Å². The monoisotopic (exact) mass is 302 g/mol. The van der Waals surface area contributed by atoms with Crippen molar-refractivity contribution in [1.29, 1.82) is 0 Å². The van der Waals surface area contributed by atoms with E-state index in [4.69, 9.17) is 8.94 Å². The second-order valence-corrected chi connectivity index (χ2v) is 4.91. The van der Waals surface area contributed by atoms with E-state index in [0.717, 1.165) is 0 Å². The number of fused-ring (bicyclic) bond motifs is 1. The molecule has 0 aliphatic rings. The van der Waals surface area contributed by atoms with Crippen molar-refractivity contribution in [3.8, 4) is 0 Å². The second-order valence-electron chi connectivity index (χ2n) is 4.91. The van der Waals surface area contributed by atoms with Crippen LogP contribution in [-0.4, -0.2) is 22.1 Å². The first-order chi connectivity index (χ1) is 10.5. The molecule has 0 fully saturated rings. The third-order valence-corrected chi connectivity index (χ3v) is 3.07. The minimum atomic E-state index is -0.515. The number of hydrogen-bond donors (Lipinski definition) is 3. The summed E-state index contributed by atoms with van der Waals surface area (Å²) >= 11 is 0. The Labute approximate surface area is 124 Å². The maximum Gasteiger partial charge on any atom is 0.417 e. The van der Waals surface area contributed by atoms with Gasteiger partial charge >= 0.3 is 5.76 Å². The van der Waals surface area contributed by atoms with E-state index in [1.165, 1.54) is 0 Å². The quantitative estimate of drug-likeness (QED) is 0.678. The van der Waals surface area contributed by atoms with Crippen LogP contribution in [0, 0.1) is 6.92 Å². The van der Waals surface area contributed by atoms with Crippen LogP contribution in [0.3, 0.4) is 0 Å². The lowest BCUT2D eigenvalue weighted by molar-refractivity contribution is -0.116. The van der Waals surface area contributed by atoms with Gasteiger partial charge in [-0.05, 0) is 32.0 Å². The number of anilines is 2. The summed E-state index contributed by atoms with van der Waals surface area (Å²) in [6, 6.07) is 6.19. The summed E-state index contributed by atoms with van der Waals surface area (Å²) in [7, 11) is 0. The fourth-order valence-electron chi connectivity index (χ4n) is 2.01. The van der Waals surface area contributed by atoms with Crippen molar-refractivity contribution in [2.75, 3.05) is 10.6 Å². The number of aryl methyl sites for hydroxylation is 1. The minimum Gasteiger partial charge on any atom is -0.408 e. The standard InChI is InChI=1S/C14H14N4O4/c1-7-5-12(22-18-7)17-13(19)8(2)15-9-3-4-11-10(6-9)16-14(20)21-11/h3-6,8,15H,1-2H3,(H,16,20)(H,17,19). The average molecular weight is 302 g/mol. The third kappa shape index (κ3) is 2.85. The number of carbonyl (C=O) groups excluding carboxylic acids is 1. The molecule has 2 aromatic heterocycles. The Bertz CT molecular complexity index is 876. The van der Waals surface area contributed by atoms with Crippen molar-refractivity contribution >= 4 is 28.6 Å². The average Bonchev–Trinajstić information content (AvgIpc) is 3.03. The summed E-state index contributed by atoms with van der Waals surface area (Å²) in [5.74, 6) is -0.485. The fourth-order valence-corrected chi connectivity index (χ4v) is 2.01. The maximum atomic E-state index is 12.1. The van der Waals surface area contributed by atoms with Crippen LogP contribution in [0.25, 0.3) is 11.1 Å². The molecule has 114 valence electrons. The van der Waals surface area contributed by atoms with E-state index in [0.29, 0.717) is 28.4 Å². The molecular weight excluding hydrogens is 288 g/mol. The van der Waals surface area contributed by atoms with Gasteiger partial charge in [0.15, 0.2) is 5.58 Å². The lowest BCUT2D eigenvalue weighted by atomic mass is 10.2. The van der Waals surface area contributed by atoms with E-state index >= 15 is 0 Å². The highest BCUT2D eigenvalue weighted by Gasteiger charge is 2.15. The number of nitrogens with one attached hydrogen (secondary N) is 3. The van der Waals surface area contributed by atoms with Crippen LogP contribution < -0.4 is 16.4 Å². The zero-order valence-corrected chi connectivity index (χ0v) is 12.0. The predicted octanol–water partition coefficient (Wildman–Crippen LogP) is 1.86. The Morgan fingerprint density at radius 2 is 2.18 bits per heavy atom. The van der Waals surface area contributed by atoms with E-state index in [9.17, 15) is 9.59 Å². The molecule has 8 heteroatoms. The Morgan fingerprint density at radius 3 is 2.91 bits per heavy atom. The number of aromatic nitrogens is 2. The highest BCUT2D eigenvalue weighted by molar-refractivity contribution is 5.95. The number of amides is 1. The van der Waals surface area contributed by atoms with E-state index < -0.39 is 11.8 Å². The van der Waals surface area contributed by atoms with Gasteiger partial charge in [-0.25, -0.2) is 4.79 Å². The number of oxazole rings is 1. The molecule has 2 heterocycles. The lowest BCUT2D eigenvalue weighted by Crippen LogP contribution is -2.31. The Hall–Kier alpha value is -3.03.